The van der Waals surface area contributed by atoms with Crippen LogP contribution >= 0.6 is 11.6 Å². The number of hydrogen-bond donors (Lipinski definition) is 1. The molecule has 0 aliphatic carbocycles. The predicted molar refractivity (Wildman–Crippen MR) is 117 cm³/mol. The van der Waals surface area contributed by atoms with Gasteiger partial charge in [-0.05, 0) is 29.8 Å². The van der Waals surface area contributed by atoms with Gasteiger partial charge in [0.2, 0.25) is 0 Å². The molecule has 0 aliphatic rings. The van der Waals surface area contributed by atoms with Gasteiger partial charge in [-0.15, -0.1) is 0 Å². The molecule has 0 bridgehead atoms. The molecule has 35 heavy (non-hydrogen) atoms. The van der Waals surface area contributed by atoms with Crippen molar-refractivity contribution in [3.8, 4) is 22.6 Å². The van der Waals surface area contributed by atoms with Crippen LogP contribution in [0.25, 0.3) is 33.7 Å². The van der Waals surface area contributed by atoms with E-state index >= 15 is 0 Å². The van der Waals surface area contributed by atoms with Crippen LogP contribution in [0.3, 0.4) is 0 Å². The highest BCUT2D eigenvalue weighted by Crippen LogP contribution is 2.43. The maximum atomic E-state index is 14.5. The topological polar surface area (TPSA) is 46.5 Å². The van der Waals surface area contributed by atoms with Gasteiger partial charge in [-0.25, -0.2) is 9.37 Å². The molecule has 0 amide bonds. The molecule has 4 aromatic rings. The van der Waals surface area contributed by atoms with Crippen LogP contribution in [0.4, 0.5) is 30.7 Å². The summed E-state index contributed by atoms with van der Waals surface area (Å²) in [6.07, 6.45) is -9.97. The van der Waals surface area contributed by atoms with Gasteiger partial charge in [0.05, 0.1) is 32.9 Å². The van der Waals surface area contributed by atoms with E-state index in [9.17, 15) is 30.7 Å². The highest BCUT2D eigenvalue weighted by atomic mass is 35.5. The molecule has 0 unspecified atom stereocenters. The molecule has 2 heterocycles. The minimum atomic E-state index is -4.99. The lowest BCUT2D eigenvalue weighted by Gasteiger charge is -2.15. The van der Waals surface area contributed by atoms with E-state index in [-0.39, 0.29) is 22.1 Å². The van der Waals surface area contributed by atoms with E-state index in [0.717, 1.165) is 18.2 Å². The van der Waals surface area contributed by atoms with Crippen LogP contribution in [0, 0.1) is 5.82 Å². The summed E-state index contributed by atoms with van der Waals surface area (Å²) in [4.78, 5) is 6.76. The van der Waals surface area contributed by atoms with Crippen molar-refractivity contribution >= 4 is 22.6 Å². The van der Waals surface area contributed by atoms with E-state index in [1.807, 2.05) is 20.8 Å². The summed E-state index contributed by atoms with van der Waals surface area (Å²) in [5, 5.41) is 4.51. The molecule has 0 saturated heterocycles. The average molecular weight is 519 g/mol. The molecule has 4 nitrogen and oxygen atoms in total. The molecule has 0 atom stereocenters. The second-order valence-electron chi connectivity index (χ2n) is 9.05. The Balaban J connectivity index is 2.03. The zero-order valence-corrected chi connectivity index (χ0v) is 19.5. The van der Waals surface area contributed by atoms with Crippen LogP contribution in [0.2, 0.25) is 5.02 Å². The van der Waals surface area contributed by atoms with Crippen molar-refractivity contribution in [2.75, 3.05) is 0 Å². The highest BCUT2D eigenvalue weighted by molar-refractivity contribution is 6.33. The van der Waals surface area contributed by atoms with Crippen molar-refractivity contribution in [1.29, 1.82) is 0 Å². The number of benzene rings is 2. The number of halogens is 8. The number of alkyl halides is 6. The molecule has 0 spiro atoms. The summed E-state index contributed by atoms with van der Waals surface area (Å²) in [5.74, 6) is -1.38. The number of nitrogens with zero attached hydrogens (tertiary/aromatic N) is 3. The van der Waals surface area contributed by atoms with Gasteiger partial charge in [-0.1, -0.05) is 38.4 Å². The van der Waals surface area contributed by atoms with Gasteiger partial charge >= 0.3 is 12.4 Å². The fourth-order valence-corrected chi connectivity index (χ4v) is 4.41. The summed E-state index contributed by atoms with van der Waals surface area (Å²) < 4.78 is 98.4. The van der Waals surface area contributed by atoms with E-state index < -0.39 is 51.4 Å². The molecule has 0 radical (unpaired) electrons. The van der Waals surface area contributed by atoms with Gasteiger partial charge in [-0.2, -0.15) is 31.4 Å². The average Bonchev–Trinajstić information content (AvgIpc) is 3.25. The number of hydrogen-bond acceptors (Lipinski definition) is 2. The molecule has 0 fully saturated rings. The third-order valence-corrected chi connectivity index (χ3v) is 5.79. The molecule has 12 heteroatoms. The Kier molecular flexibility index (Phi) is 5.70. The van der Waals surface area contributed by atoms with E-state index in [2.05, 4.69) is 15.1 Å². The van der Waals surface area contributed by atoms with Crippen LogP contribution in [0.1, 0.15) is 37.6 Å². The minimum Gasteiger partial charge on any atom is -0.336 e. The Hall–Kier alpha value is -3.08. The summed E-state index contributed by atoms with van der Waals surface area (Å²) in [6.45, 7) is 5.55. The number of nitrogens with one attached hydrogen (secondary N) is 1. The smallest absolute Gasteiger partial charge is 0.336 e. The van der Waals surface area contributed by atoms with Crippen LogP contribution in [0.15, 0.2) is 30.3 Å². The van der Waals surface area contributed by atoms with E-state index in [4.69, 9.17) is 11.6 Å². The van der Waals surface area contributed by atoms with Crippen molar-refractivity contribution in [2.24, 2.45) is 7.05 Å². The monoisotopic (exact) mass is 518 g/mol. The van der Waals surface area contributed by atoms with Crippen LogP contribution in [0.5, 0.6) is 0 Å². The summed E-state index contributed by atoms with van der Waals surface area (Å²) >= 11 is 6.48. The first kappa shape index (κ1) is 25.0. The Morgan fingerprint density at radius 2 is 1.57 bits per heavy atom. The summed E-state index contributed by atoms with van der Waals surface area (Å²) in [6, 6.07) is 3.65. The zero-order valence-electron chi connectivity index (χ0n) is 18.8. The lowest BCUT2D eigenvalue weighted by Crippen LogP contribution is -2.12. The Labute approximate surface area is 199 Å². The number of aromatic amines is 1. The maximum absolute atomic E-state index is 14.5. The summed E-state index contributed by atoms with van der Waals surface area (Å²) in [7, 11) is 1.54. The Bertz CT molecular complexity index is 1440. The molecule has 2 aromatic heterocycles. The number of aromatic nitrogens is 4. The Morgan fingerprint density at radius 1 is 0.943 bits per heavy atom. The third kappa shape index (κ3) is 4.37. The molecule has 4 rings (SSSR count). The second kappa shape index (κ2) is 7.97. The lowest BCUT2D eigenvalue weighted by molar-refractivity contribution is -0.137. The van der Waals surface area contributed by atoms with E-state index in [0.29, 0.717) is 17.8 Å². The van der Waals surface area contributed by atoms with Crippen LogP contribution in [-0.4, -0.2) is 19.7 Å². The third-order valence-electron chi connectivity index (χ3n) is 5.43. The van der Waals surface area contributed by atoms with E-state index in [1.54, 1.807) is 0 Å². The number of aryl methyl sites for hydroxylation is 1. The van der Waals surface area contributed by atoms with Gasteiger partial charge in [0.1, 0.15) is 11.5 Å². The highest BCUT2D eigenvalue weighted by Gasteiger charge is 2.38. The minimum absolute atomic E-state index is 0.0669. The molecule has 186 valence electrons. The molecule has 0 aliphatic heterocycles. The largest absolute Gasteiger partial charge is 0.418 e. The summed E-state index contributed by atoms with van der Waals surface area (Å²) in [5.41, 5.74) is -4.89. The van der Waals surface area contributed by atoms with Crippen molar-refractivity contribution in [2.45, 2.75) is 38.5 Å². The van der Waals surface area contributed by atoms with Gasteiger partial charge in [0, 0.05) is 18.0 Å². The molecule has 1 N–H and O–H groups in total. The van der Waals surface area contributed by atoms with Crippen LogP contribution < -0.4 is 0 Å². The van der Waals surface area contributed by atoms with Gasteiger partial charge in [-0.3, -0.25) is 4.68 Å². The normalized spacial score (nSPS) is 13.1. The quantitative estimate of drug-likeness (QED) is 0.276. The lowest BCUT2D eigenvalue weighted by atomic mass is 9.92. The molecule has 0 saturated carbocycles. The standard InChI is InChI=1S/C23H18ClF7N4/c1-21(2,3)19-16(24)18(35(4)34-19)20-32-14-9-10(8-12(17(14)33-20)23(29,30)31)15-11(22(26,27)28)6-5-7-13(15)25/h5-9H,1-4H3,(H,32,33). The molecular formula is C23H18ClF7N4. The van der Waals surface area contributed by atoms with Crippen molar-refractivity contribution in [3.63, 3.8) is 0 Å². The SMILES string of the molecule is Cn1nc(C(C)(C)C)c(Cl)c1-c1nc2cc(-c3c(F)cccc3C(F)(F)F)cc(C(F)(F)F)c2[nH]1. The van der Waals surface area contributed by atoms with E-state index in [1.165, 1.54) is 11.7 Å². The van der Waals surface area contributed by atoms with Crippen molar-refractivity contribution < 1.29 is 30.7 Å². The van der Waals surface area contributed by atoms with Crippen molar-refractivity contribution in [1.82, 2.24) is 19.7 Å². The molecular weight excluding hydrogens is 501 g/mol. The van der Waals surface area contributed by atoms with Gasteiger partial charge in [0.25, 0.3) is 0 Å². The van der Waals surface area contributed by atoms with Crippen LogP contribution in [-0.2, 0) is 24.8 Å². The first-order valence-electron chi connectivity index (χ1n) is 10.2. The van der Waals surface area contributed by atoms with Gasteiger partial charge < -0.3 is 4.98 Å². The number of fused-ring (bicyclic) bond motifs is 1. The number of rotatable bonds is 2. The second-order valence-corrected chi connectivity index (χ2v) is 9.42. The van der Waals surface area contributed by atoms with Crippen molar-refractivity contribution in [3.05, 3.63) is 58.0 Å². The first-order valence-corrected chi connectivity index (χ1v) is 10.6. The fourth-order valence-electron chi connectivity index (χ4n) is 3.88. The first-order chi connectivity index (χ1) is 16.0. The van der Waals surface area contributed by atoms with Gasteiger partial charge in [0.15, 0.2) is 5.82 Å². The predicted octanol–water partition coefficient (Wildman–Crippen LogP) is 7.76. The Morgan fingerprint density at radius 3 is 2.11 bits per heavy atom. The molecule has 2 aromatic carbocycles. The maximum Gasteiger partial charge on any atom is 0.418 e. The zero-order chi connectivity index (χ0) is 26.1. The fraction of sp³-hybridized carbons (Fsp3) is 0.304. The number of H-pyrrole nitrogens is 1. The number of imidazole rings is 1.